The number of ether oxygens (including phenoxy) is 2. The number of anilines is 2. The number of esters is 2. The summed E-state index contributed by atoms with van der Waals surface area (Å²) in [5, 5.41) is 2.68. The van der Waals surface area contributed by atoms with E-state index in [1.54, 1.807) is 36.4 Å². The minimum Gasteiger partial charge on any atom is -0.462 e. The van der Waals surface area contributed by atoms with Crippen LogP contribution in [0.25, 0.3) is 0 Å². The zero-order valence-corrected chi connectivity index (χ0v) is 18.8. The molecule has 2 amide bonds. The van der Waals surface area contributed by atoms with E-state index >= 15 is 0 Å². The molecule has 174 valence electrons. The summed E-state index contributed by atoms with van der Waals surface area (Å²) in [6, 6.07) is 13.9. The van der Waals surface area contributed by atoms with E-state index in [1.807, 2.05) is 26.0 Å². The molecule has 0 radical (unpaired) electrons. The van der Waals surface area contributed by atoms with E-state index in [2.05, 4.69) is 5.32 Å². The maximum Gasteiger partial charge on any atom is 0.338 e. The molecule has 3 rings (SSSR count). The second-order valence-corrected chi connectivity index (χ2v) is 7.79. The lowest BCUT2D eigenvalue weighted by atomic mass is 10.1. The first-order valence-corrected chi connectivity index (χ1v) is 11.0. The van der Waals surface area contributed by atoms with E-state index in [4.69, 9.17) is 9.47 Å². The highest BCUT2D eigenvalue weighted by Gasteiger charge is 2.36. The van der Waals surface area contributed by atoms with Crippen LogP contribution in [0, 0.1) is 5.92 Å². The number of carbonyl (C=O) groups excluding carboxylic acids is 4. The van der Waals surface area contributed by atoms with Crippen molar-refractivity contribution < 1.29 is 28.7 Å². The van der Waals surface area contributed by atoms with Crippen LogP contribution < -0.4 is 10.2 Å². The van der Waals surface area contributed by atoms with Crippen LogP contribution in [0.1, 0.15) is 42.6 Å². The Hall–Kier alpha value is -3.68. The summed E-state index contributed by atoms with van der Waals surface area (Å²) in [7, 11) is 0. The third kappa shape index (κ3) is 6.41. The molecular weight excluding hydrogens is 424 g/mol. The zero-order chi connectivity index (χ0) is 23.8. The molecule has 1 saturated heterocycles. The van der Waals surface area contributed by atoms with Crippen LogP contribution in [-0.2, 0) is 30.3 Å². The Kier molecular flexibility index (Phi) is 8.18. The maximum atomic E-state index is 12.4. The first-order chi connectivity index (χ1) is 15.9. The van der Waals surface area contributed by atoms with Crippen molar-refractivity contribution in [3.63, 3.8) is 0 Å². The molecule has 1 heterocycles. The van der Waals surface area contributed by atoms with Gasteiger partial charge in [-0.05, 0) is 54.8 Å². The number of nitrogens with one attached hydrogen (secondary N) is 1. The molecule has 0 saturated carbocycles. The molecule has 33 heavy (non-hydrogen) atoms. The van der Waals surface area contributed by atoms with Gasteiger partial charge in [0.25, 0.3) is 5.91 Å². The second kappa shape index (κ2) is 11.3. The third-order valence-electron chi connectivity index (χ3n) is 5.30. The fraction of sp³-hybridized carbons (Fsp3) is 0.360. The van der Waals surface area contributed by atoms with Crippen molar-refractivity contribution in [3.05, 3.63) is 59.7 Å². The molecule has 8 nitrogen and oxygen atoms in total. The molecule has 2 aromatic carbocycles. The number of benzene rings is 2. The molecule has 2 aromatic rings. The summed E-state index contributed by atoms with van der Waals surface area (Å²) < 4.78 is 10.2. The van der Waals surface area contributed by atoms with E-state index in [0.717, 1.165) is 18.4 Å². The van der Waals surface area contributed by atoms with Crippen molar-refractivity contribution in [1.29, 1.82) is 0 Å². The number of aryl methyl sites for hydroxylation is 1. The van der Waals surface area contributed by atoms with Crippen molar-refractivity contribution in [2.75, 3.05) is 30.0 Å². The van der Waals surface area contributed by atoms with E-state index in [1.165, 1.54) is 4.90 Å². The van der Waals surface area contributed by atoms with E-state index in [-0.39, 0.29) is 18.9 Å². The van der Waals surface area contributed by atoms with Gasteiger partial charge in [0.15, 0.2) is 6.61 Å². The summed E-state index contributed by atoms with van der Waals surface area (Å²) in [5.74, 6) is -2.35. The van der Waals surface area contributed by atoms with Crippen LogP contribution in [0.3, 0.4) is 0 Å². The minimum atomic E-state index is -0.664. The van der Waals surface area contributed by atoms with Crippen LogP contribution in [-0.4, -0.2) is 43.5 Å². The molecular formula is C25H28N2O6. The van der Waals surface area contributed by atoms with Crippen LogP contribution in [0.2, 0.25) is 0 Å². The van der Waals surface area contributed by atoms with Gasteiger partial charge in [0.1, 0.15) is 0 Å². The molecule has 0 aliphatic carbocycles. The van der Waals surface area contributed by atoms with Crippen molar-refractivity contribution in [2.24, 2.45) is 5.92 Å². The van der Waals surface area contributed by atoms with Gasteiger partial charge in [-0.1, -0.05) is 26.0 Å². The fourth-order valence-corrected chi connectivity index (χ4v) is 3.45. The smallest absolute Gasteiger partial charge is 0.338 e. The highest BCUT2D eigenvalue weighted by atomic mass is 16.5. The van der Waals surface area contributed by atoms with Crippen LogP contribution in [0.15, 0.2) is 48.5 Å². The Balaban J connectivity index is 1.50. The fourth-order valence-electron chi connectivity index (χ4n) is 3.45. The SMILES string of the molecule is CCCOC(=O)c1ccc(N2C[C@@H](C(=O)OCC(=O)Nc3ccc(CC)cc3)CC2=O)cc1. The van der Waals surface area contributed by atoms with Crippen molar-refractivity contribution in [2.45, 2.75) is 33.1 Å². The molecule has 8 heteroatoms. The molecule has 0 aromatic heterocycles. The zero-order valence-electron chi connectivity index (χ0n) is 18.8. The molecule has 1 aliphatic heterocycles. The third-order valence-corrected chi connectivity index (χ3v) is 5.30. The first-order valence-electron chi connectivity index (χ1n) is 11.0. The Morgan fingerprint density at radius 3 is 2.33 bits per heavy atom. The highest BCUT2D eigenvalue weighted by Crippen LogP contribution is 2.26. The summed E-state index contributed by atoms with van der Waals surface area (Å²) in [6.45, 7) is 4.03. The van der Waals surface area contributed by atoms with Gasteiger partial charge < -0.3 is 19.7 Å². The Morgan fingerprint density at radius 2 is 1.70 bits per heavy atom. The minimum absolute atomic E-state index is 0.000768. The number of amides is 2. The van der Waals surface area contributed by atoms with Gasteiger partial charge in [-0.25, -0.2) is 4.79 Å². The molecule has 0 bridgehead atoms. The number of hydrogen-bond donors (Lipinski definition) is 1. The summed E-state index contributed by atoms with van der Waals surface area (Å²) in [5.41, 5.74) is 2.75. The van der Waals surface area contributed by atoms with Crippen LogP contribution in [0.4, 0.5) is 11.4 Å². The molecule has 1 aliphatic rings. The van der Waals surface area contributed by atoms with Gasteiger partial charge in [-0.2, -0.15) is 0 Å². The number of rotatable bonds is 9. The predicted octanol–water partition coefficient (Wildman–Crippen LogP) is 3.35. The first kappa shape index (κ1) is 24.0. The van der Waals surface area contributed by atoms with Crippen molar-refractivity contribution in [1.82, 2.24) is 0 Å². The topological polar surface area (TPSA) is 102 Å². The van der Waals surface area contributed by atoms with Gasteiger partial charge in [0, 0.05) is 24.3 Å². The number of nitrogens with zero attached hydrogens (tertiary/aromatic N) is 1. The van der Waals surface area contributed by atoms with E-state index < -0.39 is 30.4 Å². The molecule has 1 fully saturated rings. The highest BCUT2D eigenvalue weighted by molar-refractivity contribution is 6.00. The standard InChI is InChI=1S/C25H28N2O6/c1-3-13-32-24(30)18-7-11-21(12-8-18)27-15-19(14-23(27)29)25(31)33-16-22(28)26-20-9-5-17(4-2)6-10-20/h5-12,19H,3-4,13-16H2,1-2H3,(H,26,28)/t19-/m0/s1. The van der Waals surface area contributed by atoms with Gasteiger partial charge in [-0.15, -0.1) is 0 Å². The Bertz CT molecular complexity index is 1000. The average Bonchev–Trinajstić information content (AvgIpc) is 3.23. The lowest BCUT2D eigenvalue weighted by Crippen LogP contribution is -2.28. The lowest BCUT2D eigenvalue weighted by Gasteiger charge is -2.17. The summed E-state index contributed by atoms with van der Waals surface area (Å²) in [6.07, 6.45) is 1.63. The van der Waals surface area contributed by atoms with Gasteiger partial charge >= 0.3 is 11.9 Å². The van der Waals surface area contributed by atoms with Gasteiger partial charge in [-0.3, -0.25) is 14.4 Å². The van der Waals surface area contributed by atoms with E-state index in [0.29, 0.717) is 23.5 Å². The number of carbonyl (C=O) groups is 4. The molecule has 1 atom stereocenters. The summed E-state index contributed by atoms with van der Waals surface area (Å²) >= 11 is 0. The molecule has 0 spiro atoms. The summed E-state index contributed by atoms with van der Waals surface area (Å²) in [4.78, 5) is 50.3. The van der Waals surface area contributed by atoms with Gasteiger partial charge in [0.05, 0.1) is 18.1 Å². The maximum absolute atomic E-state index is 12.4. The molecule has 0 unspecified atom stereocenters. The normalized spacial score (nSPS) is 15.3. The van der Waals surface area contributed by atoms with E-state index in [9.17, 15) is 19.2 Å². The van der Waals surface area contributed by atoms with Crippen LogP contribution in [0.5, 0.6) is 0 Å². The second-order valence-electron chi connectivity index (χ2n) is 7.79. The Morgan fingerprint density at radius 1 is 1.00 bits per heavy atom. The number of hydrogen-bond acceptors (Lipinski definition) is 6. The quantitative estimate of drug-likeness (QED) is 0.586. The average molecular weight is 453 g/mol. The monoisotopic (exact) mass is 452 g/mol. The largest absolute Gasteiger partial charge is 0.462 e. The Labute approximate surface area is 192 Å². The van der Waals surface area contributed by atoms with Crippen molar-refractivity contribution >= 4 is 35.1 Å². The van der Waals surface area contributed by atoms with Gasteiger partial charge in [0.2, 0.25) is 5.91 Å². The van der Waals surface area contributed by atoms with Crippen LogP contribution >= 0.6 is 0 Å². The predicted molar refractivity (Wildman–Crippen MR) is 123 cm³/mol. The molecule has 1 N–H and O–H groups in total. The lowest BCUT2D eigenvalue weighted by molar-refractivity contribution is -0.151. The van der Waals surface area contributed by atoms with Crippen molar-refractivity contribution in [3.8, 4) is 0 Å².